The van der Waals surface area contributed by atoms with Gasteiger partial charge in [-0.3, -0.25) is 4.79 Å². The van der Waals surface area contributed by atoms with Crippen LogP contribution in [0.2, 0.25) is 0 Å². The fourth-order valence-corrected chi connectivity index (χ4v) is 2.44. The summed E-state index contributed by atoms with van der Waals surface area (Å²) in [5.41, 5.74) is 2.56. The van der Waals surface area contributed by atoms with E-state index in [1.54, 1.807) is 29.1 Å². The normalized spacial score (nSPS) is 11.2. The van der Waals surface area contributed by atoms with E-state index in [-0.39, 0.29) is 18.4 Å². The molecule has 0 unspecified atom stereocenters. The van der Waals surface area contributed by atoms with Crippen molar-refractivity contribution < 1.29 is 9.90 Å². The van der Waals surface area contributed by atoms with E-state index >= 15 is 0 Å². The number of nitrogens with one attached hydrogen (secondary N) is 1. The van der Waals surface area contributed by atoms with E-state index < -0.39 is 0 Å². The largest absolute Gasteiger partial charge is 0.388 e. The molecule has 2 heterocycles. The summed E-state index contributed by atoms with van der Waals surface area (Å²) in [7, 11) is 1.83. The van der Waals surface area contributed by atoms with Crippen LogP contribution >= 0.6 is 0 Å². The Morgan fingerprint density at radius 3 is 2.62 bits per heavy atom. The molecule has 0 fully saturated rings. The van der Waals surface area contributed by atoms with Crippen LogP contribution in [0.4, 0.5) is 5.69 Å². The molecule has 24 heavy (non-hydrogen) atoms. The molecule has 0 aliphatic carbocycles. The van der Waals surface area contributed by atoms with E-state index in [0.29, 0.717) is 22.6 Å². The second-order valence-corrected chi connectivity index (χ2v) is 5.89. The van der Waals surface area contributed by atoms with Gasteiger partial charge in [0.2, 0.25) is 0 Å². The van der Waals surface area contributed by atoms with Crippen LogP contribution in [0.3, 0.4) is 0 Å². The minimum atomic E-state index is -0.256. The van der Waals surface area contributed by atoms with Crippen molar-refractivity contribution in [1.82, 2.24) is 19.5 Å². The van der Waals surface area contributed by atoms with Crippen LogP contribution in [0.1, 0.15) is 41.8 Å². The molecule has 0 saturated carbocycles. The minimum absolute atomic E-state index is 0.147. The number of aromatic nitrogens is 4. The van der Waals surface area contributed by atoms with Crippen molar-refractivity contribution in [2.75, 3.05) is 5.32 Å². The zero-order chi connectivity index (χ0) is 17.3. The lowest BCUT2D eigenvalue weighted by Gasteiger charge is -2.07. The van der Waals surface area contributed by atoms with E-state index in [1.165, 1.54) is 0 Å². The van der Waals surface area contributed by atoms with E-state index in [9.17, 15) is 9.90 Å². The monoisotopic (exact) mass is 325 g/mol. The molecule has 0 aliphatic rings. The maximum absolute atomic E-state index is 12.4. The molecule has 124 valence electrons. The predicted molar refractivity (Wildman–Crippen MR) is 90.7 cm³/mol. The third-order valence-electron chi connectivity index (χ3n) is 3.82. The first-order valence-electron chi connectivity index (χ1n) is 7.69. The number of aryl methyl sites for hydroxylation is 1. The van der Waals surface area contributed by atoms with Crippen LogP contribution in [0.15, 0.2) is 30.6 Å². The summed E-state index contributed by atoms with van der Waals surface area (Å²) in [6.45, 7) is 3.87. The molecular weight excluding hydrogens is 306 g/mol. The van der Waals surface area contributed by atoms with Crippen LogP contribution in [-0.2, 0) is 13.7 Å². The number of rotatable bonds is 4. The molecule has 0 aliphatic heterocycles. The highest BCUT2D eigenvalue weighted by Gasteiger charge is 2.12. The first-order chi connectivity index (χ1) is 11.5. The summed E-state index contributed by atoms with van der Waals surface area (Å²) >= 11 is 0. The fourth-order valence-electron chi connectivity index (χ4n) is 2.44. The molecule has 0 radical (unpaired) electrons. The van der Waals surface area contributed by atoms with Crippen LogP contribution in [0.25, 0.3) is 11.0 Å². The predicted octanol–water partition coefficient (Wildman–Crippen LogP) is 2.23. The van der Waals surface area contributed by atoms with Crippen LogP contribution < -0.4 is 5.32 Å². The van der Waals surface area contributed by atoms with Crippen LogP contribution in [-0.4, -0.2) is 30.5 Å². The van der Waals surface area contributed by atoms with Crippen molar-refractivity contribution in [1.29, 1.82) is 0 Å². The number of anilines is 1. The Labute approximate surface area is 139 Å². The Morgan fingerprint density at radius 2 is 2.00 bits per heavy atom. The third kappa shape index (κ3) is 2.98. The van der Waals surface area contributed by atoms with Crippen molar-refractivity contribution in [3.05, 3.63) is 47.8 Å². The van der Waals surface area contributed by atoms with Gasteiger partial charge in [0, 0.05) is 18.5 Å². The van der Waals surface area contributed by atoms with Crippen molar-refractivity contribution in [3.63, 3.8) is 0 Å². The molecule has 3 rings (SSSR count). The highest BCUT2D eigenvalue weighted by molar-refractivity contribution is 6.05. The van der Waals surface area contributed by atoms with Gasteiger partial charge in [-0.1, -0.05) is 13.8 Å². The van der Waals surface area contributed by atoms with Gasteiger partial charge in [-0.05, 0) is 18.2 Å². The molecule has 7 heteroatoms. The number of carbonyl (C=O) groups excluding carboxylic acids is 1. The van der Waals surface area contributed by atoms with Crippen molar-refractivity contribution in [3.8, 4) is 0 Å². The number of hydrogen-bond acceptors (Lipinski definition) is 5. The van der Waals surface area contributed by atoms with Crippen LogP contribution in [0.5, 0.6) is 0 Å². The molecule has 0 bridgehead atoms. The van der Waals surface area contributed by atoms with Crippen molar-refractivity contribution in [2.24, 2.45) is 7.05 Å². The van der Waals surface area contributed by atoms with E-state index in [2.05, 4.69) is 20.3 Å². The summed E-state index contributed by atoms with van der Waals surface area (Å²) in [5.74, 6) is 1.27. The smallest absolute Gasteiger partial charge is 0.255 e. The maximum Gasteiger partial charge on any atom is 0.255 e. The Balaban J connectivity index is 1.83. The molecular formula is C17H19N5O2. The lowest BCUT2D eigenvalue weighted by Crippen LogP contribution is -2.12. The molecule has 1 amide bonds. The number of carbonyl (C=O) groups is 1. The summed E-state index contributed by atoms with van der Waals surface area (Å²) < 4.78 is 1.80. The zero-order valence-corrected chi connectivity index (χ0v) is 13.8. The van der Waals surface area contributed by atoms with Gasteiger partial charge in [0.25, 0.3) is 5.91 Å². The topological polar surface area (TPSA) is 92.9 Å². The number of fused-ring (bicyclic) bond motifs is 1. The van der Waals surface area contributed by atoms with E-state index in [0.717, 1.165) is 11.3 Å². The van der Waals surface area contributed by atoms with Crippen LogP contribution in [0, 0.1) is 0 Å². The molecule has 1 aromatic carbocycles. The average molecular weight is 325 g/mol. The van der Waals surface area contributed by atoms with Gasteiger partial charge in [0.15, 0.2) is 0 Å². The molecule has 2 N–H and O–H groups in total. The number of aliphatic hydroxyl groups is 1. The molecule has 2 aromatic heterocycles. The average Bonchev–Trinajstić information content (AvgIpc) is 2.91. The zero-order valence-electron chi connectivity index (χ0n) is 13.8. The van der Waals surface area contributed by atoms with Crippen molar-refractivity contribution in [2.45, 2.75) is 26.4 Å². The first-order valence-corrected chi connectivity index (χ1v) is 7.69. The summed E-state index contributed by atoms with van der Waals surface area (Å²) in [5, 5.41) is 12.1. The lowest BCUT2D eigenvalue weighted by molar-refractivity contribution is 0.102. The number of hydrogen-bond donors (Lipinski definition) is 2. The second-order valence-electron chi connectivity index (χ2n) is 5.89. The van der Waals surface area contributed by atoms with E-state index in [4.69, 9.17) is 0 Å². The Hall–Kier alpha value is -2.80. The van der Waals surface area contributed by atoms with Gasteiger partial charge in [-0.25, -0.2) is 15.0 Å². The fraction of sp³-hybridized carbons (Fsp3) is 0.294. The summed E-state index contributed by atoms with van der Waals surface area (Å²) in [4.78, 5) is 25.2. The second kappa shape index (κ2) is 6.37. The first kappa shape index (κ1) is 16.1. The Kier molecular flexibility index (Phi) is 4.26. The van der Waals surface area contributed by atoms with E-state index in [1.807, 2.05) is 27.0 Å². The summed E-state index contributed by atoms with van der Waals surface area (Å²) in [6.07, 6.45) is 3.20. The molecule has 0 spiro atoms. The van der Waals surface area contributed by atoms with Gasteiger partial charge >= 0.3 is 0 Å². The number of imidazole rings is 1. The van der Waals surface area contributed by atoms with Gasteiger partial charge in [0.1, 0.15) is 18.3 Å². The molecule has 0 atom stereocenters. The summed E-state index contributed by atoms with van der Waals surface area (Å²) in [6, 6.07) is 5.24. The number of nitrogens with zero attached hydrogens (tertiary/aromatic N) is 4. The number of amides is 1. The number of aliphatic hydroxyl groups excluding tert-OH is 1. The lowest BCUT2D eigenvalue weighted by atomic mass is 10.2. The van der Waals surface area contributed by atoms with Gasteiger partial charge in [-0.2, -0.15) is 0 Å². The minimum Gasteiger partial charge on any atom is -0.388 e. The quantitative estimate of drug-likeness (QED) is 0.767. The Bertz CT molecular complexity index is 884. The molecule has 3 aromatic rings. The highest BCUT2D eigenvalue weighted by Crippen LogP contribution is 2.18. The SMILES string of the molecule is CC(C)c1ncc(NC(=O)c2ccc3c(c2)nc(CO)n3C)cn1. The van der Waals surface area contributed by atoms with Gasteiger partial charge in [-0.15, -0.1) is 0 Å². The standard InChI is InChI=1S/C17H19N5O2/c1-10(2)16-18-7-12(8-19-16)20-17(24)11-4-5-14-13(6-11)21-15(9-23)22(14)3/h4-8,10,23H,9H2,1-3H3,(H,20,24). The molecule has 7 nitrogen and oxygen atoms in total. The maximum atomic E-state index is 12.4. The van der Waals surface area contributed by atoms with Crippen molar-refractivity contribution >= 4 is 22.6 Å². The van der Waals surface area contributed by atoms with Gasteiger partial charge < -0.3 is 15.0 Å². The molecule has 0 saturated heterocycles. The number of benzene rings is 1. The Morgan fingerprint density at radius 1 is 1.29 bits per heavy atom. The third-order valence-corrected chi connectivity index (χ3v) is 3.82. The highest BCUT2D eigenvalue weighted by atomic mass is 16.3. The van der Waals surface area contributed by atoms with Gasteiger partial charge in [0.05, 0.1) is 29.1 Å².